The lowest BCUT2D eigenvalue weighted by atomic mass is 10.3. The van der Waals surface area contributed by atoms with E-state index >= 15 is 0 Å². The molecule has 1 atom stereocenters. The van der Waals surface area contributed by atoms with Crippen molar-refractivity contribution in [3.05, 3.63) is 18.2 Å². The summed E-state index contributed by atoms with van der Waals surface area (Å²) in [6, 6.07) is 6.06. The molecule has 76 valence electrons. The minimum Gasteiger partial charge on any atom is -0.481 e. The van der Waals surface area contributed by atoms with Crippen molar-refractivity contribution in [1.82, 2.24) is 4.98 Å². The summed E-state index contributed by atoms with van der Waals surface area (Å²) in [5.74, 6) is 1.61. The van der Waals surface area contributed by atoms with Crippen molar-refractivity contribution in [2.75, 3.05) is 25.1 Å². The molecule has 1 aliphatic rings. The number of ether oxygens (including phenoxy) is 1. The van der Waals surface area contributed by atoms with Crippen molar-refractivity contribution in [3.63, 3.8) is 0 Å². The highest BCUT2D eigenvalue weighted by Crippen LogP contribution is 2.19. The Morgan fingerprint density at radius 2 is 2.43 bits per heavy atom. The fraction of sp³-hybridized carbons (Fsp3) is 0.500. The second-order valence-electron chi connectivity index (χ2n) is 3.53. The zero-order valence-electron chi connectivity index (χ0n) is 8.31. The van der Waals surface area contributed by atoms with Crippen LogP contribution < -0.4 is 15.4 Å². The molecule has 0 bridgehead atoms. The van der Waals surface area contributed by atoms with Gasteiger partial charge >= 0.3 is 0 Å². The molecule has 2 rings (SSSR count). The van der Waals surface area contributed by atoms with Gasteiger partial charge in [-0.3, -0.25) is 0 Å². The zero-order chi connectivity index (χ0) is 9.97. The van der Waals surface area contributed by atoms with Crippen molar-refractivity contribution < 1.29 is 4.74 Å². The average molecular weight is 193 g/mol. The summed E-state index contributed by atoms with van der Waals surface area (Å²) in [6.45, 7) is 1.88. The zero-order valence-corrected chi connectivity index (χ0v) is 8.31. The van der Waals surface area contributed by atoms with Crippen LogP contribution in [-0.4, -0.2) is 31.2 Å². The number of methoxy groups -OCH3 is 1. The van der Waals surface area contributed by atoms with Crippen molar-refractivity contribution in [2.45, 2.75) is 12.5 Å². The molecular weight excluding hydrogens is 178 g/mol. The van der Waals surface area contributed by atoms with Crippen LogP contribution in [-0.2, 0) is 0 Å². The first-order valence-electron chi connectivity index (χ1n) is 4.81. The third-order valence-electron chi connectivity index (χ3n) is 2.47. The fourth-order valence-electron chi connectivity index (χ4n) is 1.69. The van der Waals surface area contributed by atoms with Gasteiger partial charge in [-0.25, -0.2) is 0 Å². The van der Waals surface area contributed by atoms with Gasteiger partial charge in [0.25, 0.3) is 0 Å². The summed E-state index contributed by atoms with van der Waals surface area (Å²) < 4.78 is 5.07. The van der Waals surface area contributed by atoms with E-state index in [0.29, 0.717) is 5.88 Å². The van der Waals surface area contributed by atoms with E-state index in [2.05, 4.69) is 9.88 Å². The molecule has 1 unspecified atom stereocenters. The molecule has 4 heteroatoms. The van der Waals surface area contributed by atoms with E-state index in [1.165, 1.54) is 0 Å². The van der Waals surface area contributed by atoms with Gasteiger partial charge in [-0.05, 0) is 12.5 Å². The molecule has 0 amide bonds. The van der Waals surface area contributed by atoms with E-state index in [-0.39, 0.29) is 6.04 Å². The Labute approximate surface area is 83.7 Å². The molecule has 0 spiro atoms. The molecule has 1 aromatic heterocycles. The minimum absolute atomic E-state index is 0.281. The van der Waals surface area contributed by atoms with Crippen molar-refractivity contribution in [3.8, 4) is 5.88 Å². The average Bonchev–Trinajstić information content (AvgIpc) is 2.65. The molecule has 1 fully saturated rings. The van der Waals surface area contributed by atoms with Crippen LogP contribution in [0.1, 0.15) is 6.42 Å². The number of anilines is 1. The third-order valence-corrected chi connectivity index (χ3v) is 2.47. The Bertz CT molecular complexity index is 316. The normalized spacial score (nSPS) is 21.3. The van der Waals surface area contributed by atoms with Crippen LogP contribution >= 0.6 is 0 Å². The maximum absolute atomic E-state index is 5.83. The van der Waals surface area contributed by atoms with Crippen LogP contribution in [0.5, 0.6) is 5.88 Å². The molecule has 1 aromatic rings. The predicted molar refractivity (Wildman–Crippen MR) is 55.6 cm³/mol. The first-order valence-corrected chi connectivity index (χ1v) is 4.81. The fourth-order valence-corrected chi connectivity index (χ4v) is 1.69. The Morgan fingerprint density at radius 3 is 3.07 bits per heavy atom. The molecule has 0 aliphatic carbocycles. The smallest absolute Gasteiger partial charge is 0.214 e. The van der Waals surface area contributed by atoms with Crippen LogP contribution in [0.3, 0.4) is 0 Å². The SMILES string of the molecule is COc1cccc(N2CCC(N)C2)n1. The quantitative estimate of drug-likeness (QED) is 0.748. The number of nitrogens with two attached hydrogens (primary N) is 1. The largest absolute Gasteiger partial charge is 0.481 e. The Hall–Kier alpha value is -1.29. The maximum Gasteiger partial charge on any atom is 0.214 e. The third kappa shape index (κ3) is 1.80. The van der Waals surface area contributed by atoms with E-state index in [4.69, 9.17) is 10.5 Å². The minimum atomic E-state index is 0.281. The molecule has 14 heavy (non-hydrogen) atoms. The van der Waals surface area contributed by atoms with Gasteiger partial charge in [-0.2, -0.15) is 4.98 Å². The molecule has 1 aliphatic heterocycles. The van der Waals surface area contributed by atoms with Gasteiger partial charge in [0.05, 0.1) is 7.11 Å². The monoisotopic (exact) mass is 193 g/mol. The number of aromatic nitrogens is 1. The maximum atomic E-state index is 5.83. The number of nitrogens with zero attached hydrogens (tertiary/aromatic N) is 2. The van der Waals surface area contributed by atoms with E-state index in [1.807, 2.05) is 18.2 Å². The van der Waals surface area contributed by atoms with E-state index in [9.17, 15) is 0 Å². The summed E-state index contributed by atoms with van der Waals surface area (Å²) in [5, 5.41) is 0. The van der Waals surface area contributed by atoms with E-state index in [1.54, 1.807) is 7.11 Å². The van der Waals surface area contributed by atoms with Crippen LogP contribution in [0.4, 0.5) is 5.82 Å². The summed E-state index contributed by atoms with van der Waals surface area (Å²) in [5.41, 5.74) is 5.83. The summed E-state index contributed by atoms with van der Waals surface area (Å²) in [4.78, 5) is 6.54. The Morgan fingerprint density at radius 1 is 1.57 bits per heavy atom. The first kappa shape index (κ1) is 9.27. The molecule has 0 radical (unpaired) electrons. The van der Waals surface area contributed by atoms with Gasteiger partial charge in [0.2, 0.25) is 5.88 Å². The molecule has 4 nitrogen and oxygen atoms in total. The summed E-state index contributed by atoms with van der Waals surface area (Å²) in [6.07, 6.45) is 1.04. The first-order chi connectivity index (χ1) is 6.79. The van der Waals surface area contributed by atoms with Gasteiger partial charge in [-0.15, -0.1) is 0 Å². The topological polar surface area (TPSA) is 51.4 Å². The number of hydrogen-bond acceptors (Lipinski definition) is 4. The van der Waals surface area contributed by atoms with Crippen molar-refractivity contribution in [2.24, 2.45) is 5.73 Å². The number of hydrogen-bond donors (Lipinski definition) is 1. The highest BCUT2D eigenvalue weighted by atomic mass is 16.5. The van der Waals surface area contributed by atoms with E-state index in [0.717, 1.165) is 25.3 Å². The van der Waals surface area contributed by atoms with Crippen molar-refractivity contribution in [1.29, 1.82) is 0 Å². The molecule has 0 saturated carbocycles. The van der Waals surface area contributed by atoms with Gasteiger partial charge < -0.3 is 15.4 Å². The number of rotatable bonds is 2. The Balaban J connectivity index is 2.15. The number of pyridine rings is 1. The second-order valence-corrected chi connectivity index (χ2v) is 3.53. The van der Waals surface area contributed by atoms with Crippen LogP contribution in [0, 0.1) is 0 Å². The summed E-state index contributed by atoms with van der Waals surface area (Å²) >= 11 is 0. The van der Waals surface area contributed by atoms with E-state index < -0.39 is 0 Å². The lowest BCUT2D eigenvalue weighted by Gasteiger charge is -2.16. The van der Waals surface area contributed by atoms with Crippen LogP contribution in [0.25, 0.3) is 0 Å². The Kier molecular flexibility index (Phi) is 2.54. The van der Waals surface area contributed by atoms with Gasteiger partial charge in [0.1, 0.15) is 5.82 Å². The molecule has 0 aromatic carbocycles. The van der Waals surface area contributed by atoms with Crippen LogP contribution in [0.2, 0.25) is 0 Å². The lowest BCUT2D eigenvalue weighted by molar-refractivity contribution is 0.398. The van der Waals surface area contributed by atoms with Gasteiger partial charge in [0.15, 0.2) is 0 Å². The van der Waals surface area contributed by atoms with Crippen molar-refractivity contribution >= 4 is 5.82 Å². The lowest BCUT2D eigenvalue weighted by Crippen LogP contribution is -2.26. The molecule has 1 saturated heterocycles. The standard InChI is InChI=1S/C10H15N3O/c1-14-10-4-2-3-9(12-10)13-6-5-8(11)7-13/h2-4,8H,5-7,11H2,1H3. The van der Waals surface area contributed by atoms with Gasteiger partial charge in [0, 0.05) is 25.2 Å². The molecule has 2 heterocycles. The molecule has 2 N–H and O–H groups in total. The highest BCUT2D eigenvalue weighted by molar-refractivity contribution is 5.42. The predicted octanol–water partition coefficient (Wildman–Crippen LogP) is 0.628. The molecular formula is C10H15N3O. The highest BCUT2D eigenvalue weighted by Gasteiger charge is 2.20. The second kappa shape index (κ2) is 3.84. The van der Waals surface area contributed by atoms with Crippen LogP contribution in [0.15, 0.2) is 18.2 Å². The van der Waals surface area contributed by atoms with Gasteiger partial charge in [-0.1, -0.05) is 6.07 Å². The summed E-state index contributed by atoms with van der Waals surface area (Å²) in [7, 11) is 1.63.